The van der Waals surface area contributed by atoms with Crippen LogP contribution in [0.4, 0.5) is 17.2 Å². The van der Waals surface area contributed by atoms with Gasteiger partial charge in [0.15, 0.2) is 5.65 Å². The number of aromatic nitrogens is 3. The minimum absolute atomic E-state index is 0.334. The van der Waals surface area contributed by atoms with E-state index in [-0.39, 0.29) is 0 Å². The predicted octanol–water partition coefficient (Wildman–Crippen LogP) is 3.35. The Hall–Kier alpha value is -2.60. The van der Waals surface area contributed by atoms with Gasteiger partial charge in [-0.3, -0.25) is 0 Å². The molecule has 2 aromatic heterocycles. The summed E-state index contributed by atoms with van der Waals surface area (Å²) in [5.41, 5.74) is 17.0. The number of nitrogens with zero attached hydrogens (tertiary/aromatic N) is 3. The van der Waals surface area contributed by atoms with Crippen LogP contribution in [0.3, 0.4) is 0 Å². The van der Waals surface area contributed by atoms with Gasteiger partial charge in [0.05, 0.1) is 17.6 Å². The molecule has 0 radical (unpaired) electrons. The lowest BCUT2D eigenvalue weighted by Crippen LogP contribution is -2.25. The van der Waals surface area contributed by atoms with Crippen LogP contribution in [0, 0.1) is 6.92 Å². The number of rotatable bonds is 3. The van der Waals surface area contributed by atoms with Crippen LogP contribution in [0.2, 0.25) is 0 Å². The van der Waals surface area contributed by atoms with Crippen molar-refractivity contribution < 1.29 is 0 Å². The van der Waals surface area contributed by atoms with Crippen LogP contribution >= 0.6 is 0 Å². The van der Waals surface area contributed by atoms with E-state index in [9.17, 15) is 0 Å². The maximum Gasteiger partial charge on any atom is 0.177 e. The van der Waals surface area contributed by atoms with Gasteiger partial charge < -0.3 is 16.8 Å². The van der Waals surface area contributed by atoms with Crippen LogP contribution in [0.25, 0.3) is 5.65 Å². The summed E-state index contributed by atoms with van der Waals surface area (Å²) >= 11 is 0. The first kappa shape index (κ1) is 15.9. The van der Waals surface area contributed by atoms with Gasteiger partial charge in [-0.25, -0.2) is 9.50 Å². The zero-order chi connectivity index (χ0) is 17.4. The molecule has 1 saturated carbocycles. The molecule has 0 aliphatic heterocycles. The number of imidazole rings is 1. The predicted molar refractivity (Wildman–Crippen MR) is 101 cm³/mol. The highest BCUT2D eigenvalue weighted by molar-refractivity contribution is 5.75. The van der Waals surface area contributed by atoms with Gasteiger partial charge in [-0.1, -0.05) is 12.1 Å². The van der Waals surface area contributed by atoms with Crippen molar-refractivity contribution in [2.75, 3.05) is 11.1 Å². The Kier molecular flexibility index (Phi) is 4.05. The molecule has 130 valence electrons. The van der Waals surface area contributed by atoms with E-state index in [1.807, 2.05) is 24.4 Å². The average molecular weight is 336 g/mol. The van der Waals surface area contributed by atoms with E-state index in [2.05, 4.69) is 29.5 Å². The van der Waals surface area contributed by atoms with Crippen LogP contribution in [0.1, 0.15) is 42.9 Å². The van der Waals surface area contributed by atoms with Gasteiger partial charge in [0.2, 0.25) is 0 Å². The molecular formula is C19H24N6. The van der Waals surface area contributed by atoms with Crippen LogP contribution < -0.4 is 16.8 Å². The SMILES string of the molecule is Cc1cccc(Nc2cc(N)nn3cc(C4CCC(N)CC4)nc23)c1. The Morgan fingerprint density at radius 1 is 1.16 bits per heavy atom. The summed E-state index contributed by atoms with van der Waals surface area (Å²) in [6.07, 6.45) is 6.29. The third-order valence-corrected chi connectivity index (χ3v) is 4.95. The first-order valence-corrected chi connectivity index (χ1v) is 8.83. The highest BCUT2D eigenvalue weighted by atomic mass is 15.3. The van der Waals surface area contributed by atoms with Crippen molar-refractivity contribution in [1.29, 1.82) is 0 Å². The second-order valence-corrected chi connectivity index (χ2v) is 7.02. The fourth-order valence-electron chi connectivity index (χ4n) is 3.60. The molecular weight excluding hydrogens is 312 g/mol. The zero-order valence-electron chi connectivity index (χ0n) is 14.4. The van der Waals surface area contributed by atoms with Crippen molar-refractivity contribution in [3.8, 4) is 0 Å². The molecule has 3 aromatic rings. The van der Waals surface area contributed by atoms with E-state index in [0.29, 0.717) is 17.8 Å². The van der Waals surface area contributed by atoms with Gasteiger partial charge in [-0.15, -0.1) is 5.10 Å². The molecule has 0 bridgehead atoms. The van der Waals surface area contributed by atoms with E-state index < -0.39 is 0 Å². The first-order valence-electron chi connectivity index (χ1n) is 8.83. The molecule has 1 aromatic carbocycles. The average Bonchev–Trinajstić information content (AvgIpc) is 2.99. The van der Waals surface area contributed by atoms with Gasteiger partial charge in [0.25, 0.3) is 0 Å². The lowest BCUT2D eigenvalue weighted by molar-refractivity contribution is 0.391. The van der Waals surface area contributed by atoms with Gasteiger partial charge in [-0.2, -0.15) is 0 Å². The minimum Gasteiger partial charge on any atom is -0.382 e. The van der Waals surface area contributed by atoms with Crippen LogP contribution in [0.5, 0.6) is 0 Å². The Morgan fingerprint density at radius 3 is 2.72 bits per heavy atom. The summed E-state index contributed by atoms with van der Waals surface area (Å²) in [6.45, 7) is 2.07. The third kappa shape index (κ3) is 3.30. The largest absolute Gasteiger partial charge is 0.382 e. The molecule has 1 aliphatic rings. The van der Waals surface area contributed by atoms with E-state index in [1.54, 1.807) is 4.52 Å². The summed E-state index contributed by atoms with van der Waals surface area (Å²) in [5.74, 6) is 0.923. The summed E-state index contributed by atoms with van der Waals surface area (Å²) in [6, 6.07) is 10.4. The molecule has 0 atom stereocenters. The van der Waals surface area contributed by atoms with Crippen molar-refractivity contribution in [3.63, 3.8) is 0 Å². The second-order valence-electron chi connectivity index (χ2n) is 7.02. The Morgan fingerprint density at radius 2 is 1.96 bits per heavy atom. The molecule has 6 heteroatoms. The van der Waals surface area contributed by atoms with E-state index >= 15 is 0 Å². The molecule has 1 aliphatic carbocycles. The Labute approximate surface area is 147 Å². The topological polar surface area (TPSA) is 94.3 Å². The fraction of sp³-hybridized carbons (Fsp3) is 0.368. The number of hydrogen-bond acceptors (Lipinski definition) is 5. The number of nitrogens with one attached hydrogen (secondary N) is 1. The molecule has 0 amide bonds. The smallest absolute Gasteiger partial charge is 0.177 e. The van der Waals surface area contributed by atoms with E-state index in [4.69, 9.17) is 16.5 Å². The fourth-order valence-corrected chi connectivity index (χ4v) is 3.60. The van der Waals surface area contributed by atoms with Crippen LogP contribution in [-0.2, 0) is 0 Å². The Bertz CT molecular complexity index is 892. The molecule has 1 fully saturated rings. The molecule has 4 rings (SSSR count). The summed E-state index contributed by atoms with van der Waals surface area (Å²) in [4.78, 5) is 4.86. The molecule has 25 heavy (non-hydrogen) atoms. The highest BCUT2D eigenvalue weighted by Crippen LogP contribution is 2.33. The summed E-state index contributed by atoms with van der Waals surface area (Å²) in [7, 11) is 0. The Balaban J connectivity index is 1.69. The second kappa shape index (κ2) is 6.37. The van der Waals surface area contributed by atoms with Gasteiger partial charge in [-0.05, 0) is 50.3 Å². The van der Waals surface area contributed by atoms with Crippen molar-refractivity contribution in [2.45, 2.75) is 44.6 Å². The van der Waals surface area contributed by atoms with E-state index in [0.717, 1.165) is 48.4 Å². The first-order chi connectivity index (χ1) is 12.1. The van der Waals surface area contributed by atoms with Crippen molar-refractivity contribution >= 4 is 22.8 Å². The van der Waals surface area contributed by atoms with Crippen molar-refractivity contribution in [3.05, 3.63) is 47.8 Å². The lowest BCUT2D eigenvalue weighted by Gasteiger charge is -2.24. The number of aryl methyl sites for hydroxylation is 1. The molecule has 0 unspecified atom stereocenters. The highest BCUT2D eigenvalue weighted by Gasteiger charge is 2.23. The molecule has 0 spiro atoms. The number of fused-ring (bicyclic) bond motifs is 1. The van der Waals surface area contributed by atoms with Crippen LogP contribution in [-0.4, -0.2) is 20.6 Å². The third-order valence-electron chi connectivity index (χ3n) is 4.95. The quantitative estimate of drug-likeness (QED) is 0.682. The van der Waals surface area contributed by atoms with Crippen molar-refractivity contribution in [2.24, 2.45) is 5.73 Å². The number of nitrogen functional groups attached to an aromatic ring is 1. The zero-order valence-corrected chi connectivity index (χ0v) is 14.4. The minimum atomic E-state index is 0.334. The summed E-state index contributed by atoms with van der Waals surface area (Å²) < 4.78 is 1.79. The van der Waals surface area contributed by atoms with Gasteiger partial charge in [0, 0.05) is 23.7 Å². The molecule has 2 heterocycles. The number of anilines is 3. The normalized spacial score (nSPS) is 20.7. The maximum atomic E-state index is 6.03. The molecule has 5 N–H and O–H groups in total. The van der Waals surface area contributed by atoms with Gasteiger partial charge in [0.1, 0.15) is 5.82 Å². The molecule has 0 saturated heterocycles. The number of hydrogen-bond donors (Lipinski definition) is 3. The number of nitrogens with two attached hydrogens (primary N) is 2. The van der Waals surface area contributed by atoms with E-state index in [1.165, 1.54) is 5.56 Å². The standard InChI is InChI=1S/C19H24N6/c1-12-3-2-4-15(9-12)22-16-10-18(21)24-25-11-17(23-19(16)25)13-5-7-14(20)8-6-13/h2-4,9-11,13-14,22H,5-8,20H2,1H3,(H2,21,24). The van der Waals surface area contributed by atoms with Gasteiger partial charge >= 0.3 is 0 Å². The maximum absolute atomic E-state index is 6.03. The number of benzene rings is 1. The van der Waals surface area contributed by atoms with Crippen molar-refractivity contribution in [1.82, 2.24) is 14.6 Å². The van der Waals surface area contributed by atoms with Crippen LogP contribution in [0.15, 0.2) is 36.5 Å². The summed E-state index contributed by atoms with van der Waals surface area (Å²) in [5, 5.41) is 7.82. The lowest BCUT2D eigenvalue weighted by atomic mass is 9.85. The molecule has 6 nitrogen and oxygen atoms in total. The monoisotopic (exact) mass is 336 g/mol.